The zero-order valence-corrected chi connectivity index (χ0v) is 12.2. The molecule has 0 aromatic carbocycles. The van der Waals surface area contributed by atoms with Crippen LogP contribution in [0.5, 0.6) is 0 Å². The van der Waals surface area contributed by atoms with Crippen LogP contribution >= 0.6 is 11.3 Å². The lowest BCUT2D eigenvalue weighted by Gasteiger charge is -2.26. The molecule has 0 aliphatic heterocycles. The van der Waals surface area contributed by atoms with Crippen molar-refractivity contribution >= 4 is 17.3 Å². The number of thiazole rings is 1. The smallest absolute Gasteiger partial charge is 0.306 e. The zero-order chi connectivity index (χ0) is 13.7. The van der Waals surface area contributed by atoms with E-state index in [1.54, 1.807) is 11.3 Å². The zero-order valence-electron chi connectivity index (χ0n) is 11.4. The highest BCUT2D eigenvalue weighted by Crippen LogP contribution is 2.28. The van der Waals surface area contributed by atoms with Gasteiger partial charge in [-0.15, -0.1) is 11.3 Å². The third-order valence-electron chi connectivity index (χ3n) is 3.84. The Morgan fingerprint density at radius 2 is 2.21 bits per heavy atom. The first kappa shape index (κ1) is 14.5. The fraction of sp³-hybridized carbons (Fsp3) is 0.714. The quantitative estimate of drug-likeness (QED) is 0.842. The molecule has 1 aliphatic rings. The summed E-state index contributed by atoms with van der Waals surface area (Å²) in [6.45, 7) is 3.93. The molecule has 1 saturated carbocycles. The van der Waals surface area contributed by atoms with Crippen LogP contribution in [0.1, 0.15) is 43.3 Å². The highest BCUT2D eigenvalue weighted by molar-refractivity contribution is 7.09. The monoisotopic (exact) mass is 282 g/mol. The Bertz CT molecular complexity index is 411. The molecule has 1 fully saturated rings. The Kier molecular flexibility index (Phi) is 5.34. The molecule has 1 aromatic heterocycles. The Hall–Kier alpha value is -0.940. The van der Waals surface area contributed by atoms with Gasteiger partial charge in [-0.25, -0.2) is 4.98 Å². The summed E-state index contributed by atoms with van der Waals surface area (Å²) in [6, 6.07) is 0. The van der Waals surface area contributed by atoms with Gasteiger partial charge < -0.3 is 10.4 Å². The highest BCUT2D eigenvalue weighted by Gasteiger charge is 2.25. The second kappa shape index (κ2) is 7.01. The second-order valence-electron chi connectivity index (χ2n) is 5.27. The van der Waals surface area contributed by atoms with E-state index >= 15 is 0 Å². The fourth-order valence-electron chi connectivity index (χ4n) is 2.61. The summed E-state index contributed by atoms with van der Waals surface area (Å²) < 4.78 is 0. The maximum Gasteiger partial charge on any atom is 0.306 e. The number of hydrogen-bond acceptors (Lipinski definition) is 4. The molecular formula is C14H22N2O2S. The number of aryl methyl sites for hydroxylation is 1. The van der Waals surface area contributed by atoms with Crippen molar-refractivity contribution in [3.05, 3.63) is 16.1 Å². The number of carbonyl (C=O) groups is 1. The molecule has 5 heteroatoms. The molecule has 0 radical (unpaired) electrons. The molecule has 0 bridgehead atoms. The summed E-state index contributed by atoms with van der Waals surface area (Å²) in [5.74, 6) is -0.109. The first-order valence-electron chi connectivity index (χ1n) is 7.05. The van der Waals surface area contributed by atoms with Crippen LogP contribution in [0, 0.1) is 11.8 Å². The number of aliphatic carboxylic acids is 1. The van der Waals surface area contributed by atoms with Crippen LogP contribution < -0.4 is 5.32 Å². The normalized spacial score (nSPS) is 23.4. The first-order valence-corrected chi connectivity index (χ1v) is 7.93. The number of aromatic nitrogens is 1. The first-order chi connectivity index (χ1) is 9.19. The fourth-order valence-corrected chi connectivity index (χ4v) is 3.36. The number of carboxylic acid groups (broad SMARTS) is 1. The van der Waals surface area contributed by atoms with Crippen LogP contribution in [0.4, 0.5) is 0 Å². The highest BCUT2D eigenvalue weighted by atomic mass is 32.1. The van der Waals surface area contributed by atoms with Crippen LogP contribution in [-0.2, 0) is 17.8 Å². The summed E-state index contributed by atoms with van der Waals surface area (Å²) in [4.78, 5) is 15.4. The van der Waals surface area contributed by atoms with E-state index in [0.29, 0.717) is 5.92 Å². The third kappa shape index (κ3) is 4.28. The van der Waals surface area contributed by atoms with Gasteiger partial charge in [0, 0.05) is 11.9 Å². The molecule has 0 atom stereocenters. The Balaban J connectivity index is 1.65. The van der Waals surface area contributed by atoms with Crippen molar-refractivity contribution in [3.63, 3.8) is 0 Å². The number of nitrogens with one attached hydrogen (secondary N) is 1. The van der Waals surface area contributed by atoms with E-state index in [4.69, 9.17) is 5.11 Å². The number of nitrogens with zero attached hydrogens (tertiary/aromatic N) is 1. The van der Waals surface area contributed by atoms with E-state index in [-0.39, 0.29) is 5.92 Å². The average molecular weight is 282 g/mol. The van der Waals surface area contributed by atoms with Gasteiger partial charge in [-0.3, -0.25) is 4.79 Å². The van der Waals surface area contributed by atoms with Crippen LogP contribution in [-0.4, -0.2) is 22.6 Å². The lowest BCUT2D eigenvalue weighted by Crippen LogP contribution is -2.28. The predicted molar refractivity (Wildman–Crippen MR) is 76.3 cm³/mol. The summed E-state index contributed by atoms with van der Waals surface area (Å²) >= 11 is 1.72. The minimum absolute atomic E-state index is 0.109. The Labute approximate surface area is 118 Å². The number of carboxylic acids is 1. The van der Waals surface area contributed by atoms with Gasteiger partial charge in [-0.2, -0.15) is 0 Å². The minimum atomic E-state index is -0.624. The predicted octanol–water partition coefficient (Wildman–Crippen LogP) is 2.69. The largest absolute Gasteiger partial charge is 0.481 e. The minimum Gasteiger partial charge on any atom is -0.481 e. The standard InChI is InChI=1S/C14H22N2O2S/c1-2-13-16-12(9-19-13)8-15-7-10-3-5-11(6-4-10)14(17)18/h9-11,15H,2-8H2,1H3,(H,17,18). The Morgan fingerprint density at radius 1 is 1.47 bits per heavy atom. The van der Waals surface area contributed by atoms with Gasteiger partial charge >= 0.3 is 5.97 Å². The molecule has 19 heavy (non-hydrogen) atoms. The van der Waals surface area contributed by atoms with Crippen LogP contribution in [0.15, 0.2) is 5.38 Å². The van der Waals surface area contributed by atoms with Crippen molar-refractivity contribution in [1.82, 2.24) is 10.3 Å². The molecule has 2 N–H and O–H groups in total. The van der Waals surface area contributed by atoms with E-state index in [9.17, 15) is 4.79 Å². The van der Waals surface area contributed by atoms with Gasteiger partial charge in [0.2, 0.25) is 0 Å². The summed E-state index contributed by atoms with van der Waals surface area (Å²) in [5, 5.41) is 15.7. The van der Waals surface area contributed by atoms with Gasteiger partial charge in [0.25, 0.3) is 0 Å². The van der Waals surface area contributed by atoms with Gasteiger partial charge in [-0.1, -0.05) is 6.92 Å². The molecule has 0 amide bonds. The van der Waals surface area contributed by atoms with Crippen molar-refractivity contribution < 1.29 is 9.90 Å². The summed E-state index contributed by atoms with van der Waals surface area (Å²) in [5.41, 5.74) is 1.13. The van der Waals surface area contributed by atoms with Crippen molar-refractivity contribution in [2.24, 2.45) is 11.8 Å². The second-order valence-corrected chi connectivity index (χ2v) is 6.22. The van der Waals surface area contributed by atoms with Crippen LogP contribution in [0.2, 0.25) is 0 Å². The molecule has 1 heterocycles. The molecule has 1 aromatic rings. The molecule has 2 rings (SSSR count). The van der Waals surface area contributed by atoms with E-state index in [1.165, 1.54) is 5.01 Å². The van der Waals surface area contributed by atoms with Gasteiger partial charge in [0.15, 0.2) is 0 Å². The molecule has 0 spiro atoms. The summed E-state index contributed by atoms with van der Waals surface area (Å²) in [7, 11) is 0. The maximum atomic E-state index is 10.9. The van der Waals surface area contributed by atoms with E-state index in [0.717, 1.165) is 50.9 Å². The van der Waals surface area contributed by atoms with E-state index < -0.39 is 5.97 Å². The van der Waals surface area contributed by atoms with Gasteiger partial charge in [-0.05, 0) is 44.6 Å². The SMILES string of the molecule is CCc1nc(CNCC2CCC(C(=O)O)CC2)cs1. The molecule has 0 saturated heterocycles. The number of hydrogen-bond donors (Lipinski definition) is 2. The average Bonchev–Trinajstić information content (AvgIpc) is 2.87. The van der Waals surface area contributed by atoms with Crippen molar-refractivity contribution in [3.8, 4) is 0 Å². The third-order valence-corrected chi connectivity index (χ3v) is 4.88. The van der Waals surface area contributed by atoms with E-state index in [1.807, 2.05) is 0 Å². The van der Waals surface area contributed by atoms with Crippen molar-refractivity contribution in [2.75, 3.05) is 6.54 Å². The molecular weight excluding hydrogens is 260 g/mol. The van der Waals surface area contributed by atoms with Crippen molar-refractivity contribution in [2.45, 2.75) is 45.6 Å². The Morgan fingerprint density at radius 3 is 2.79 bits per heavy atom. The van der Waals surface area contributed by atoms with Crippen LogP contribution in [0.3, 0.4) is 0 Å². The molecule has 0 unspecified atom stereocenters. The molecule has 4 nitrogen and oxygen atoms in total. The maximum absolute atomic E-state index is 10.9. The molecule has 1 aliphatic carbocycles. The van der Waals surface area contributed by atoms with Crippen molar-refractivity contribution in [1.29, 1.82) is 0 Å². The summed E-state index contributed by atoms with van der Waals surface area (Å²) in [6.07, 6.45) is 4.73. The lowest BCUT2D eigenvalue weighted by atomic mass is 9.82. The van der Waals surface area contributed by atoms with Gasteiger partial charge in [0.1, 0.15) is 0 Å². The van der Waals surface area contributed by atoms with Crippen LogP contribution in [0.25, 0.3) is 0 Å². The molecule has 106 valence electrons. The van der Waals surface area contributed by atoms with Gasteiger partial charge in [0.05, 0.1) is 16.6 Å². The van der Waals surface area contributed by atoms with E-state index in [2.05, 4.69) is 22.6 Å². The topological polar surface area (TPSA) is 62.2 Å². The number of rotatable bonds is 6. The lowest BCUT2D eigenvalue weighted by molar-refractivity contribution is -0.143.